The summed E-state index contributed by atoms with van der Waals surface area (Å²) in [5.41, 5.74) is 2.12. The fourth-order valence-electron chi connectivity index (χ4n) is 3.18. The van der Waals surface area contributed by atoms with E-state index in [0.717, 1.165) is 18.0 Å². The van der Waals surface area contributed by atoms with Crippen LogP contribution >= 0.6 is 11.6 Å². The number of benzene rings is 2. The topological polar surface area (TPSA) is 44.8 Å². The van der Waals surface area contributed by atoms with Gasteiger partial charge in [0.1, 0.15) is 12.4 Å². The Morgan fingerprint density at radius 1 is 1.26 bits per heavy atom. The molecule has 2 aromatic carbocycles. The van der Waals surface area contributed by atoms with Crippen LogP contribution < -0.4 is 15.0 Å². The van der Waals surface area contributed by atoms with Crippen molar-refractivity contribution in [1.29, 1.82) is 0 Å². The van der Waals surface area contributed by atoms with Crippen LogP contribution in [0.25, 0.3) is 0 Å². The predicted molar refractivity (Wildman–Crippen MR) is 110 cm³/mol. The Bertz CT molecular complexity index is 767. The summed E-state index contributed by atoms with van der Waals surface area (Å²) in [7, 11) is 3.98. The molecule has 1 heterocycles. The predicted octanol–water partition coefficient (Wildman–Crippen LogP) is 3.18. The molecule has 0 fully saturated rings. The van der Waals surface area contributed by atoms with E-state index in [-0.39, 0.29) is 11.9 Å². The van der Waals surface area contributed by atoms with Gasteiger partial charge in [0.25, 0.3) is 0 Å². The van der Waals surface area contributed by atoms with Gasteiger partial charge in [0.05, 0.1) is 18.2 Å². The molecule has 0 radical (unpaired) electrons. The smallest absolute Gasteiger partial charge is 0.222 e. The van der Waals surface area contributed by atoms with Gasteiger partial charge in [0.2, 0.25) is 5.91 Å². The average Bonchev–Trinajstić information content (AvgIpc) is 2.64. The molecule has 2 aromatic rings. The lowest BCUT2D eigenvalue weighted by Crippen LogP contribution is -2.46. The van der Waals surface area contributed by atoms with E-state index in [1.54, 1.807) is 0 Å². The number of hydrogen-bond acceptors (Lipinski definition) is 4. The molecule has 1 aliphatic heterocycles. The van der Waals surface area contributed by atoms with Gasteiger partial charge >= 0.3 is 0 Å². The van der Waals surface area contributed by atoms with Crippen molar-refractivity contribution in [3.8, 4) is 5.75 Å². The molecule has 1 aliphatic rings. The summed E-state index contributed by atoms with van der Waals surface area (Å²) in [5.74, 6) is 0.841. The Morgan fingerprint density at radius 2 is 2.04 bits per heavy atom. The maximum absolute atomic E-state index is 12.4. The lowest BCUT2D eigenvalue weighted by Gasteiger charge is -2.38. The van der Waals surface area contributed by atoms with E-state index >= 15 is 0 Å². The van der Waals surface area contributed by atoms with E-state index < -0.39 is 0 Å². The Balaban J connectivity index is 1.76. The van der Waals surface area contributed by atoms with Crippen molar-refractivity contribution >= 4 is 23.2 Å². The highest BCUT2D eigenvalue weighted by atomic mass is 35.5. The molecule has 27 heavy (non-hydrogen) atoms. The number of hydrogen-bond donors (Lipinski definition) is 1. The summed E-state index contributed by atoms with van der Waals surface area (Å²) >= 11 is 6.23. The first kappa shape index (κ1) is 19.5. The van der Waals surface area contributed by atoms with Gasteiger partial charge in [0.15, 0.2) is 0 Å². The van der Waals surface area contributed by atoms with Crippen molar-refractivity contribution in [3.05, 3.63) is 59.1 Å². The SMILES string of the molecule is CN(C)CCNC(=O)C[C@@H]1COc2ccc(Cl)cc2N1Cc1ccccc1. The monoisotopic (exact) mass is 387 g/mol. The van der Waals surface area contributed by atoms with Crippen LogP contribution in [0.15, 0.2) is 48.5 Å². The van der Waals surface area contributed by atoms with Gasteiger partial charge in [-0.05, 0) is 37.9 Å². The minimum atomic E-state index is -0.0458. The molecule has 0 spiro atoms. The molecule has 0 unspecified atom stereocenters. The van der Waals surface area contributed by atoms with Gasteiger partial charge in [-0.15, -0.1) is 0 Å². The molecule has 0 aromatic heterocycles. The van der Waals surface area contributed by atoms with E-state index in [1.165, 1.54) is 5.56 Å². The zero-order valence-electron chi connectivity index (χ0n) is 15.8. The summed E-state index contributed by atoms with van der Waals surface area (Å²) in [6.07, 6.45) is 0.381. The summed E-state index contributed by atoms with van der Waals surface area (Å²) in [6.45, 7) is 2.63. The Morgan fingerprint density at radius 3 is 2.78 bits per heavy atom. The molecule has 0 bridgehead atoms. The normalized spacial score (nSPS) is 16.0. The van der Waals surface area contributed by atoms with Gasteiger partial charge in [-0.3, -0.25) is 4.79 Å². The zero-order valence-corrected chi connectivity index (χ0v) is 16.6. The molecule has 5 nitrogen and oxygen atoms in total. The third-order valence-electron chi connectivity index (χ3n) is 4.60. The summed E-state index contributed by atoms with van der Waals surface area (Å²) in [4.78, 5) is 16.7. The minimum absolute atomic E-state index is 0.0361. The molecule has 6 heteroatoms. The number of fused-ring (bicyclic) bond motifs is 1. The Labute approximate surface area is 165 Å². The van der Waals surface area contributed by atoms with Crippen LogP contribution in [0, 0.1) is 0 Å². The number of halogens is 1. The molecule has 1 atom stereocenters. The fourth-order valence-corrected chi connectivity index (χ4v) is 3.34. The third kappa shape index (κ3) is 5.37. The highest BCUT2D eigenvalue weighted by Crippen LogP contribution is 2.37. The summed E-state index contributed by atoms with van der Waals surface area (Å²) < 4.78 is 5.91. The molecule has 144 valence electrons. The first-order valence-corrected chi connectivity index (χ1v) is 9.55. The minimum Gasteiger partial charge on any atom is -0.489 e. The van der Waals surface area contributed by atoms with Crippen molar-refractivity contribution in [2.24, 2.45) is 0 Å². The Hall–Kier alpha value is -2.24. The molecule has 3 rings (SSSR count). The number of ether oxygens (including phenoxy) is 1. The van der Waals surface area contributed by atoms with Crippen LogP contribution in [-0.2, 0) is 11.3 Å². The molecular formula is C21H26ClN3O2. The quantitative estimate of drug-likeness (QED) is 0.792. The number of rotatable bonds is 7. The Kier molecular flexibility index (Phi) is 6.58. The molecule has 0 aliphatic carbocycles. The number of amides is 1. The van der Waals surface area contributed by atoms with Crippen LogP contribution in [0.2, 0.25) is 5.02 Å². The number of likely N-dealkylation sites (N-methyl/N-ethyl adjacent to an activating group) is 1. The van der Waals surface area contributed by atoms with E-state index in [4.69, 9.17) is 16.3 Å². The standard InChI is InChI=1S/C21H26ClN3O2/c1-24(2)11-10-23-21(26)13-18-15-27-20-9-8-17(22)12-19(20)25(18)14-16-6-4-3-5-7-16/h3-9,12,18H,10-11,13-15H2,1-2H3,(H,23,26)/t18-/m1/s1. The summed E-state index contributed by atoms with van der Waals surface area (Å²) in [6, 6.07) is 15.8. The summed E-state index contributed by atoms with van der Waals surface area (Å²) in [5, 5.41) is 3.65. The van der Waals surface area contributed by atoms with Crippen LogP contribution in [0.1, 0.15) is 12.0 Å². The molecule has 0 saturated carbocycles. The second-order valence-electron chi connectivity index (χ2n) is 7.05. The first-order chi connectivity index (χ1) is 13.0. The van der Waals surface area contributed by atoms with E-state index in [1.807, 2.05) is 55.4 Å². The average molecular weight is 388 g/mol. The number of nitrogens with zero attached hydrogens (tertiary/aromatic N) is 2. The van der Waals surface area contributed by atoms with Gasteiger partial charge < -0.3 is 19.9 Å². The van der Waals surface area contributed by atoms with Crippen molar-refractivity contribution in [2.45, 2.75) is 19.0 Å². The van der Waals surface area contributed by atoms with Gasteiger partial charge in [0, 0.05) is 24.7 Å². The van der Waals surface area contributed by atoms with E-state index in [9.17, 15) is 4.79 Å². The van der Waals surface area contributed by atoms with E-state index in [0.29, 0.717) is 31.1 Å². The number of anilines is 1. The van der Waals surface area contributed by atoms with Crippen molar-refractivity contribution in [2.75, 3.05) is 38.7 Å². The molecule has 1 amide bonds. The van der Waals surface area contributed by atoms with Crippen LogP contribution in [0.5, 0.6) is 5.75 Å². The number of nitrogens with one attached hydrogen (secondary N) is 1. The largest absolute Gasteiger partial charge is 0.489 e. The van der Waals surface area contributed by atoms with Gasteiger partial charge in [-0.25, -0.2) is 0 Å². The lowest BCUT2D eigenvalue weighted by molar-refractivity contribution is -0.121. The second kappa shape index (κ2) is 9.11. The van der Waals surface area contributed by atoms with Gasteiger partial charge in [-0.2, -0.15) is 0 Å². The van der Waals surface area contributed by atoms with Crippen LogP contribution in [-0.4, -0.2) is 50.6 Å². The van der Waals surface area contributed by atoms with E-state index in [2.05, 4.69) is 22.3 Å². The zero-order chi connectivity index (χ0) is 19.2. The van der Waals surface area contributed by atoms with Crippen molar-refractivity contribution < 1.29 is 9.53 Å². The lowest BCUT2D eigenvalue weighted by atomic mass is 10.1. The molecular weight excluding hydrogens is 362 g/mol. The van der Waals surface area contributed by atoms with Crippen LogP contribution in [0.4, 0.5) is 5.69 Å². The highest BCUT2D eigenvalue weighted by Gasteiger charge is 2.29. The molecule has 0 saturated heterocycles. The highest BCUT2D eigenvalue weighted by molar-refractivity contribution is 6.31. The van der Waals surface area contributed by atoms with Crippen LogP contribution in [0.3, 0.4) is 0 Å². The maximum atomic E-state index is 12.4. The second-order valence-corrected chi connectivity index (χ2v) is 7.48. The maximum Gasteiger partial charge on any atom is 0.222 e. The number of carbonyl (C=O) groups excluding carboxylic acids is 1. The third-order valence-corrected chi connectivity index (χ3v) is 4.84. The number of carbonyl (C=O) groups is 1. The van der Waals surface area contributed by atoms with Crippen molar-refractivity contribution in [1.82, 2.24) is 10.2 Å². The van der Waals surface area contributed by atoms with Crippen molar-refractivity contribution in [3.63, 3.8) is 0 Å². The molecule has 1 N–H and O–H groups in total. The fraction of sp³-hybridized carbons (Fsp3) is 0.381. The first-order valence-electron chi connectivity index (χ1n) is 9.17. The van der Waals surface area contributed by atoms with Gasteiger partial charge in [-0.1, -0.05) is 41.9 Å².